The summed E-state index contributed by atoms with van der Waals surface area (Å²) < 4.78 is 11.0. The summed E-state index contributed by atoms with van der Waals surface area (Å²) in [7, 11) is 3.59. The van der Waals surface area contributed by atoms with Crippen molar-refractivity contribution in [2.75, 3.05) is 27.2 Å². The smallest absolute Gasteiger partial charge is 0.409 e. The number of nitrogens with two attached hydrogens (primary N) is 2. The van der Waals surface area contributed by atoms with E-state index in [1.807, 2.05) is 19.2 Å². The molecule has 3 fully saturated rings. The highest BCUT2D eigenvalue weighted by molar-refractivity contribution is 5.67. The molecule has 0 unspecified atom stereocenters. The SMILES string of the molecule is C=C(N)c1ccc(OC2CCCCC2)cn1.CN(N)CCOC(=O)N(C)C1CC2(CCC2)C1. The van der Waals surface area contributed by atoms with E-state index in [4.69, 9.17) is 21.1 Å². The molecule has 0 radical (unpaired) electrons. The van der Waals surface area contributed by atoms with Crippen LogP contribution >= 0.6 is 0 Å². The van der Waals surface area contributed by atoms with Gasteiger partial charge in [-0.05, 0) is 68.9 Å². The number of carbonyl (C=O) groups is 1. The van der Waals surface area contributed by atoms with Crippen molar-refractivity contribution in [2.45, 2.75) is 76.4 Å². The topological polar surface area (TPSA) is 107 Å². The third-order valence-corrected chi connectivity index (χ3v) is 7.18. The molecule has 1 amide bonds. The Balaban J connectivity index is 0.000000186. The fourth-order valence-electron chi connectivity index (χ4n) is 4.84. The van der Waals surface area contributed by atoms with Crippen LogP contribution in [0.15, 0.2) is 24.9 Å². The van der Waals surface area contributed by atoms with Crippen LogP contribution < -0.4 is 16.3 Å². The zero-order valence-electron chi connectivity index (χ0n) is 20.3. The highest BCUT2D eigenvalue weighted by atomic mass is 16.6. The lowest BCUT2D eigenvalue weighted by atomic mass is 9.54. The van der Waals surface area contributed by atoms with Crippen molar-refractivity contribution in [1.29, 1.82) is 0 Å². The van der Waals surface area contributed by atoms with Gasteiger partial charge < -0.3 is 20.1 Å². The molecule has 0 saturated heterocycles. The summed E-state index contributed by atoms with van der Waals surface area (Å²) in [6.45, 7) is 4.56. The van der Waals surface area contributed by atoms with E-state index in [2.05, 4.69) is 11.6 Å². The molecule has 33 heavy (non-hydrogen) atoms. The summed E-state index contributed by atoms with van der Waals surface area (Å²) in [5.74, 6) is 6.27. The molecule has 1 spiro atoms. The zero-order chi connectivity index (χ0) is 23.8. The third kappa shape index (κ3) is 7.33. The molecule has 4 N–H and O–H groups in total. The van der Waals surface area contributed by atoms with Gasteiger partial charge >= 0.3 is 6.09 Å². The molecule has 0 atom stereocenters. The molecule has 184 valence electrons. The van der Waals surface area contributed by atoms with Crippen molar-refractivity contribution < 1.29 is 14.3 Å². The summed E-state index contributed by atoms with van der Waals surface area (Å²) >= 11 is 0. The monoisotopic (exact) mass is 459 g/mol. The van der Waals surface area contributed by atoms with Gasteiger partial charge in [0.2, 0.25) is 0 Å². The van der Waals surface area contributed by atoms with E-state index in [1.165, 1.54) is 43.5 Å². The van der Waals surface area contributed by atoms with Gasteiger partial charge in [0.25, 0.3) is 0 Å². The van der Waals surface area contributed by atoms with Crippen LogP contribution in [-0.4, -0.2) is 60.4 Å². The van der Waals surface area contributed by atoms with E-state index >= 15 is 0 Å². The predicted octanol–water partition coefficient (Wildman–Crippen LogP) is 3.92. The maximum atomic E-state index is 11.7. The number of amides is 1. The number of ether oxygens (including phenoxy) is 2. The molecule has 8 heteroatoms. The minimum atomic E-state index is -0.217. The lowest BCUT2D eigenvalue weighted by Gasteiger charge is -2.56. The maximum absolute atomic E-state index is 11.7. The summed E-state index contributed by atoms with van der Waals surface area (Å²) in [5, 5.41) is 1.51. The first-order chi connectivity index (χ1) is 15.8. The fraction of sp³-hybridized carbons (Fsp3) is 0.680. The largest absolute Gasteiger partial charge is 0.489 e. The lowest BCUT2D eigenvalue weighted by Crippen LogP contribution is -2.54. The van der Waals surface area contributed by atoms with Gasteiger partial charge in [-0.2, -0.15) is 0 Å². The van der Waals surface area contributed by atoms with Crippen molar-refractivity contribution in [2.24, 2.45) is 17.0 Å². The first kappa shape index (κ1) is 25.3. The second-order valence-electron chi connectivity index (χ2n) is 9.90. The second kappa shape index (κ2) is 11.7. The van der Waals surface area contributed by atoms with Crippen molar-refractivity contribution in [3.63, 3.8) is 0 Å². The quantitative estimate of drug-likeness (QED) is 0.470. The normalized spacial score (nSPS) is 19.6. The number of rotatable bonds is 7. The Labute approximate surface area is 198 Å². The van der Waals surface area contributed by atoms with Gasteiger partial charge in [-0.3, -0.25) is 10.8 Å². The number of hydrogen-bond acceptors (Lipinski definition) is 7. The van der Waals surface area contributed by atoms with E-state index in [9.17, 15) is 4.79 Å². The Hall–Kier alpha value is -2.32. The summed E-state index contributed by atoms with van der Waals surface area (Å²) in [6.07, 6.45) is 14.5. The molecular formula is C25H41N5O3. The molecule has 1 aromatic heterocycles. The third-order valence-electron chi connectivity index (χ3n) is 7.18. The van der Waals surface area contributed by atoms with Crippen LogP contribution in [0.5, 0.6) is 5.75 Å². The maximum Gasteiger partial charge on any atom is 0.409 e. The standard InChI is InChI=1S/C13H18N2O.C12H23N3O2/c1-10(14)13-8-7-12(9-15-13)16-11-5-3-2-4-6-11;1-14(13)6-7-17-11(16)15(2)10-8-12(9-10)4-3-5-12/h7-9,11H,1-6,14H2;10H,3-9,13H2,1-2H3. The summed E-state index contributed by atoms with van der Waals surface area (Å²) in [6, 6.07) is 4.15. The van der Waals surface area contributed by atoms with Gasteiger partial charge in [0.1, 0.15) is 12.4 Å². The van der Waals surface area contributed by atoms with Crippen LogP contribution in [0, 0.1) is 5.41 Å². The predicted molar refractivity (Wildman–Crippen MR) is 130 cm³/mol. The van der Waals surface area contributed by atoms with Crippen LogP contribution in [0.1, 0.15) is 69.9 Å². The van der Waals surface area contributed by atoms with E-state index in [0.717, 1.165) is 37.1 Å². The van der Waals surface area contributed by atoms with Gasteiger partial charge in [-0.25, -0.2) is 9.80 Å². The Morgan fingerprint density at radius 2 is 1.88 bits per heavy atom. The number of hydrogen-bond donors (Lipinski definition) is 2. The van der Waals surface area contributed by atoms with Gasteiger partial charge in [-0.15, -0.1) is 0 Å². The van der Waals surface area contributed by atoms with Crippen LogP contribution in [0.25, 0.3) is 5.70 Å². The lowest BCUT2D eigenvalue weighted by molar-refractivity contribution is -0.0440. The number of likely N-dealkylation sites (N-methyl/N-ethyl adjacent to an activating group) is 1. The minimum absolute atomic E-state index is 0.217. The second-order valence-corrected chi connectivity index (χ2v) is 9.90. The number of hydrazine groups is 1. The molecule has 8 nitrogen and oxygen atoms in total. The molecular weight excluding hydrogens is 418 g/mol. The van der Waals surface area contributed by atoms with Crippen LogP contribution in [0.2, 0.25) is 0 Å². The molecule has 0 aromatic carbocycles. The fourth-order valence-corrected chi connectivity index (χ4v) is 4.84. The van der Waals surface area contributed by atoms with Crippen LogP contribution in [0.4, 0.5) is 4.79 Å². The number of aromatic nitrogens is 1. The molecule has 1 aromatic rings. The van der Waals surface area contributed by atoms with Gasteiger partial charge in [0, 0.05) is 26.7 Å². The average molecular weight is 460 g/mol. The molecule has 3 saturated carbocycles. The van der Waals surface area contributed by atoms with Crippen molar-refractivity contribution in [3.8, 4) is 5.75 Å². The summed E-state index contributed by atoms with van der Waals surface area (Å²) in [4.78, 5) is 17.7. The van der Waals surface area contributed by atoms with Crippen molar-refractivity contribution in [1.82, 2.24) is 14.9 Å². The molecule has 4 rings (SSSR count). The molecule has 3 aliphatic carbocycles. The van der Waals surface area contributed by atoms with E-state index in [0.29, 0.717) is 36.4 Å². The Kier molecular flexibility index (Phi) is 8.97. The minimum Gasteiger partial charge on any atom is -0.489 e. The number of nitrogens with zero attached hydrogens (tertiary/aromatic N) is 3. The first-order valence-electron chi connectivity index (χ1n) is 12.2. The first-order valence-corrected chi connectivity index (χ1v) is 12.2. The Bertz CT molecular complexity index is 765. The molecule has 0 bridgehead atoms. The highest BCUT2D eigenvalue weighted by Gasteiger charge is 2.50. The molecule has 0 aliphatic heterocycles. The van der Waals surface area contributed by atoms with Crippen LogP contribution in [0.3, 0.4) is 0 Å². The van der Waals surface area contributed by atoms with Crippen molar-refractivity contribution >= 4 is 11.8 Å². The summed E-state index contributed by atoms with van der Waals surface area (Å²) in [5.41, 5.74) is 7.35. The van der Waals surface area contributed by atoms with Crippen LogP contribution in [-0.2, 0) is 4.74 Å². The molecule has 1 heterocycles. The van der Waals surface area contributed by atoms with Gasteiger partial charge in [-0.1, -0.05) is 19.4 Å². The Morgan fingerprint density at radius 1 is 1.18 bits per heavy atom. The highest BCUT2D eigenvalue weighted by Crippen LogP contribution is 2.57. The van der Waals surface area contributed by atoms with Crippen molar-refractivity contribution in [3.05, 3.63) is 30.6 Å². The Morgan fingerprint density at radius 3 is 2.39 bits per heavy atom. The van der Waals surface area contributed by atoms with Gasteiger partial charge in [0.05, 0.1) is 23.7 Å². The number of pyridine rings is 1. The number of carbonyl (C=O) groups excluding carboxylic acids is 1. The average Bonchev–Trinajstić information content (AvgIpc) is 2.73. The van der Waals surface area contributed by atoms with E-state index in [-0.39, 0.29) is 6.09 Å². The molecule has 3 aliphatic rings. The van der Waals surface area contributed by atoms with E-state index < -0.39 is 0 Å². The van der Waals surface area contributed by atoms with E-state index in [1.54, 1.807) is 18.1 Å². The zero-order valence-corrected chi connectivity index (χ0v) is 20.3. The van der Waals surface area contributed by atoms with Gasteiger partial charge in [0.15, 0.2) is 0 Å².